The van der Waals surface area contributed by atoms with Crippen molar-refractivity contribution >= 4 is 0 Å². The lowest BCUT2D eigenvalue weighted by Crippen LogP contribution is -2.19. The van der Waals surface area contributed by atoms with Gasteiger partial charge >= 0.3 is 6.18 Å². The van der Waals surface area contributed by atoms with Gasteiger partial charge in [0.05, 0.1) is 6.20 Å². The van der Waals surface area contributed by atoms with Crippen LogP contribution in [-0.4, -0.2) is 21.5 Å². The summed E-state index contributed by atoms with van der Waals surface area (Å²) in [5.41, 5.74) is -0.280. The molecule has 1 aromatic rings. The SMILES string of the molecule is OC(c1cn[nH]c1)C(F)(F)F. The van der Waals surface area contributed by atoms with Crippen molar-refractivity contribution in [1.29, 1.82) is 0 Å². The number of rotatable bonds is 1. The van der Waals surface area contributed by atoms with Crippen molar-refractivity contribution < 1.29 is 18.3 Å². The molecule has 2 N–H and O–H groups in total. The number of halogens is 3. The van der Waals surface area contributed by atoms with Crippen molar-refractivity contribution in [2.24, 2.45) is 0 Å². The monoisotopic (exact) mass is 166 g/mol. The molecular formula is C5H5F3N2O. The van der Waals surface area contributed by atoms with Gasteiger partial charge in [0.25, 0.3) is 0 Å². The zero-order chi connectivity index (χ0) is 8.48. The Balaban J connectivity index is 2.78. The number of aliphatic hydroxyl groups is 1. The Morgan fingerprint density at radius 1 is 1.55 bits per heavy atom. The van der Waals surface area contributed by atoms with Crippen LogP contribution >= 0.6 is 0 Å². The second-order valence-corrected chi connectivity index (χ2v) is 1.98. The summed E-state index contributed by atoms with van der Waals surface area (Å²) < 4.78 is 35.2. The molecule has 0 aliphatic heterocycles. The maximum Gasteiger partial charge on any atom is 0.418 e. The van der Waals surface area contributed by atoms with Gasteiger partial charge in [0, 0.05) is 11.8 Å². The number of aliphatic hydroxyl groups excluding tert-OH is 1. The Morgan fingerprint density at radius 3 is 2.55 bits per heavy atom. The number of aromatic amines is 1. The van der Waals surface area contributed by atoms with Gasteiger partial charge in [-0.3, -0.25) is 5.10 Å². The predicted octanol–water partition coefficient (Wildman–Crippen LogP) is 1.01. The molecule has 0 radical (unpaired) electrons. The van der Waals surface area contributed by atoms with Gasteiger partial charge < -0.3 is 5.11 Å². The van der Waals surface area contributed by atoms with Gasteiger partial charge in [0.2, 0.25) is 0 Å². The van der Waals surface area contributed by atoms with E-state index in [-0.39, 0.29) is 5.56 Å². The first-order valence-corrected chi connectivity index (χ1v) is 2.75. The molecule has 1 heterocycles. The van der Waals surface area contributed by atoms with Gasteiger partial charge in [-0.1, -0.05) is 0 Å². The second kappa shape index (κ2) is 2.54. The summed E-state index contributed by atoms with van der Waals surface area (Å²) >= 11 is 0. The summed E-state index contributed by atoms with van der Waals surface area (Å²) in [7, 11) is 0. The molecule has 1 rings (SSSR count). The predicted molar refractivity (Wildman–Crippen MR) is 29.6 cm³/mol. The highest BCUT2D eigenvalue weighted by Gasteiger charge is 2.39. The van der Waals surface area contributed by atoms with E-state index < -0.39 is 12.3 Å². The number of nitrogens with zero attached hydrogens (tertiary/aromatic N) is 1. The molecule has 0 saturated carbocycles. The standard InChI is InChI=1S/C5H5F3N2O/c6-5(7,8)4(11)3-1-9-10-2-3/h1-2,4,11H,(H,9,10). The summed E-state index contributed by atoms with van der Waals surface area (Å²) in [6.45, 7) is 0. The zero-order valence-corrected chi connectivity index (χ0v) is 5.26. The first-order chi connectivity index (χ1) is 5.02. The van der Waals surface area contributed by atoms with Crippen molar-refractivity contribution in [3.63, 3.8) is 0 Å². The minimum atomic E-state index is -4.62. The van der Waals surface area contributed by atoms with Crippen LogP contribution in [0.1, 0.15) is 11.7 Å². The van der Waals surface area contributed by atoms with Crippen LogP contribution in [0.15, 0.2) is 12.4 Å². The Labute approximate surface area is 59.8 Å². The molecule has 6 heteroatoms. The normalized spacial score (nSPS) is 14.9. The lowest BCUT2D eigenvalue weighted by molar-refractivity contribution is -0.206. The smallest absolute Gasteiger partial charge is 0.379 e. The van der Waals surface area contributed by atoms with E-state index in [1.165, 1.54) is 0 Å². The van der Waals surface area contributed by atoms with Crippen molar-refractivity contribution in [3.8, 4) is 0 Å². The van der Waals surface area contributed by atoms with E-state index >= 15 is 0 Å². The third kappa shape index (κ3) is 1.70. The lowest BCUT2D eigenvalue weighted by atomic mass is 10.2. The van der Waals surface area contributed by atoms with E-state index in [1.807, 2.05) is 0 Å². The quantitative estimate of drug-likeness (QED) is 0.653. The minimum Gasteiger partial charge on any atom is -0.379 e. The molecule has 0 fully saturated rings. The first kappa shape index (κ1) is 8.06. The topological polar surface area (TPSA) is 48.9 Å². The number of nitrogens with one attached hydrogen (secondary N) is 1. The number of alkyl halides is 3. The molecule has 0 saturated heterocycles. The number of H-pyrrole nitrogens is 1. The van der Waals surface area contributed by atoms with Gasteiger partial charge in [0.15, 0.2) is 6.10 Å². The van der Waals surface area contributed by atoms with E-state index in [1.54, 1.807) is 0 Å². The summed E-state index contributed by atoms with van der Waals surface area (Å²) in [4.78, 5) is 0. The van der Waals surface area contributed by atoms with Crippen LogP contribution < -0.4 is 0 Å². The second-order valence-electron chi connectivity index (χ2n) is 1.98. The van der Waals surface area contributed by atoms with Crippen molar-refractivity contribution in [2.45, 2.75) is 12.3 Å². The average Bonchev–Trinajstić information content (AvgIpc) is 2.34. The van der Waals surface area contributed by atoms with Gasteiger partial charge in [-0.25, -0.2) is 0 Å². The van der Waals surface area contributed by atoms with Crippen molar-refractivity contribution in [1.82, 2.24) is 10.2 Å². The van der Waals surface area contributed by atoms with Crippen LogP contribution in [-0.2, 0) is 0 Å². The van der Waals surface area contributed by atoms with E-state index in [9.17, 15) is 13.2 Å². The molecule has 0 aliphatic rings. The fourth-order valence-corrected chi connectivity index (χ4v) is 0.599. The largest absolute Gasteiger partial charge is 0.418 e. The van der Waals surface area contributed by atoms with Gasteiger partial charge in [-0.2, -0.15) is 18.3 Å². The van der Waals surface area contributed by atoms with Crippen LogP contribution in [0.2, 0.25) is 0 Å². The summed E-state index contributed by atoms with van der Waals surface area (Å²) in [5.74, 6) is 0. The van der Waals surface area contributed by atoms with Crippen LogP contribution in [0.4, 0.5) is 13.2 Å². The molecule has 0 amide bonds. The van der Waals surface area contributed by atoms with E-state index in [0.717, 1.165) is 12.4 Å². The third-order valence-corrected chi connectivity index (χ3v) is 1.15. The van der Waals surface area contributed by atoms with Crippen LogP contribution in [0, 0.1) is 0 Å². The van der Waals surface area contributed by atoms with Crippen LogP contribution in [0.3, 0.4) is 0 Å². The molecule has 0 spiro atoms. The highest BCUT2D eigenvalue weighted by Crippen LogP contribution is 2.31. The Kier molecular flexibility index (Phi) is 1.86. The molecule has 1 aromatic heterocycles. The highest BCUT2D eigenvalue weighted by atomic mass is 19.4. The number of hydrogen-bond donors (Lipinski definition) is 2. The Bertz CT molecular complexity index is 218. The summed E-state index contributed by atoms with van der Waals surface area (Å²) in [6, 6.07) is 0. The van der Waals surface area contributed by atoms with E-state index in [0.29, 0.717) is 0 Å². The molecule has 1 unspecified atom stereocenters. The fourth-order valence-electron chi connectivity index (χ4n) is 0.599. The molecule has 11 heavy (non-hydrogen) atoms. The first-order valence-electron chi connectivity index (χ1n) is 2.75. The van der Waals surface area contributed by atoms with E-state index in [4.69, 9.17) is 5.11 Å². The zero-order valence-electron chi connectivity index (χ0n) is 5.26. The summed E-state index contributed by atoms with van der Waals surface area (Å²) in [6.07, 6.45) is -5.14. The van der Waals surface area contributed by atoms with Gasteiger partial charge in [-0.05, 0) is 0 Å². The maximum absolute atomic E-state index is 11.7. The van der Waals surface area contributed by atoms with Crippen LogP contribution in [0.25, 0.3) is 0 Å². The maximum atomic E-state index is 11.7. The van der Waals surface area contributed by atoms with Gasteiger partial charge in [-0.15, -0.1) is 0 Å². The van der Waals surface area contributed by atoms with Crippen molar-refractivity contribution in [3.05, 3.63) is 18.0 Å². The summed E-state index contributed by atoms with van der Waals surface area (Å²) in [5, 5.41) is 14.0. The number of aromatic nitrogens is 2. The Hall–Kier alpha value is -1.04. The molecular weight excluding hydrogens is 161 g/mol. The molecule has 0 aromatic carbocycles. The molecule has 62 valence electrons. The van der Waals surface area contributed by atoms with Crippen LogP contribution in [0.5, 0.6) is 0 Å². The molecule has 0 bridgehead atoms. The third-order valence-electron chi connectivity index (χ3n) is 1.15. The minimum absolute atomic E-state index is 0.280. The fraction of sp³-hybridized carbons (Fsp3) is 0.400. The molecule has 0 aliphatic carbocycles. The van der Waals surface area contributed by atoms with E-state index in [2.05, 4.69) is 10.2 Å². The average molecular weight is 166 g/mol. The Morgan fingerprint density at radius 2 is 2.18 bits per heavy atom. The highest BCUT2D eigenvalue weighted by molar-refractivity contribution is 5.08. The molecule has 3 nitrogen and oxygen atoms in total. The molecule has 1 atom stereocenters. The van der Waals surface area contributed by atoms with Gasteiger partial charge in [0.1, 0.15) is 0 Å². The number of hydrogen-bond acceptors (Lipinski definition) is 2. The van der Waals surface area contributed by atoms with Crippen molar-refractivity contribution in [2.75, 3.05) is 0 Å². The lowest BCUT2D eigenvalue weighted by Gasteiger charge is -2.11.